The Bertz CT molecular complexity index is 364. The average molecular weight is 350 g/mol. The molecule has 0 amide bonds. The van der Waals surface area contributed by atoms with Crippen LogP contribution in [0.4, 0.5) is 0 Å². The molecular weight excluding hydrogens is 327 g/mol. The number of likely N-dealkylation sites (N-methyl/N-ethyl adjacent to an activating group) is 1. The number of hydrogen-bond donors (Lipinski definition) is 1. The van der Waals surface area contributed by atoms with Gasteiger partial charge in [0, 0.05) is 39.8 Å². The van der Waals surface area contributed by atoms with Crippen molar-refractivity contribution >= 4 is 10.3 Å². The molecule has 1 heterocycles. The van der Waals surface area contributed by atoms with Crippen LogP contribution in [0.3, 0.4) is 0 Å². The molecule has 0 aliphatic carbocycles. The van der Waals surface area contributed by atoms with Crippen LogP contribution in [-0.2, 0) is 19.8 Å². The summed E-state index contributed by atoms with van der Waals surface area (Å²) in [6, 6.07) is 0. The normalized spacial score (nSPS) is 18.5. The van der Waals surface area contributed by atoms with E-state index in [0.717, 1.165) is 46.3 Å². The Hall–Kier alpha value is 1.35. The zero-order chi connectivity index (χ0) is 15.0. The van der Waals surface area contributed by atoms with Crippen LogP contribution in [0.25, 0.3) is 0 Å². The zero-order valence-corrected chi connectivity index (χ0v) is 16.7. The Morgan fingerprint density at radius 3 is 2.62 bits per heavy atom. The van der Waals surface area contributed by atoms with Crippen molar-refractivity contribution in [1.29, 1.82) is 0 Å². The number of aliphatic hydroxyl groups is 1. The smallest absolute Gasteiger partial charge is 0.735 e. The molecule has 1 aliphatic heterocycles. The molecule has 0 radical (unpaired) electrons. The molecule has 8 nitrogen and oxygen atoms in total. The monoisotopic (exact) mass is 350 g/mol. The van der Waals surface area contributed by atoms with Gasteiger partial charge in [-0.3, -0.25) is 4.90 Å². The second-order valence-electron chi connectivity index (χ2n) is 4.77. The summed E-state index contributed by atoms with van der Waals surface area (Å²) in [5.74, 6) is 0. The summed E-state index contributed by atoms with van der Waals surface area (Å²) in [6.45, 7) is 4.53. The number of aliphatic hydroxyl groups excluding tert-OH is 1. The van der Waals surface area contributed by atoms with Crippen LogP contribution < -0.4 is 51.4 Å². The van der Waals surface area contributed by atoms with Gasteiger partial charge in [-0.05, 0) is 6.42 Å². The molecule has 1 N–H and O–H groups in total. The Morgan fingerprint density at radius 1 is 1.43 bits per heavy atom. The van der Waals surface area contributed by atoms with E-state index in [1.54, 1.807) is 0 Å². The van der Waals surface area contributed by atoms with Crippen LogP contribution in [-0.4, -0.2) is 93.0 Å². The molecule has 0 aromatic carbocycles. The van der Waals surface area contributed by atoms with Crippen molar-refractivity contribution < 1.29 is 78.9 Å². The van der Waals surface area contributed by atoms with Gasteiger partial charge in [0.25, 0.3) is 0 Å². The first-order valence-corrected chi connectivity index (χ1v) is 7.99. The van der Waals surface area contributed by atoms with E-state index in [2.05, 4.69) is 4.90 Å². The third-order valence-corrected chi connectivity index (χ3v) is 3.94. The summed E-state index contributed by atoms with van der Waals surface area (Å²) in [5.41, 5.74) is 0. The number of ether oxygens (including phenoxy) is 2. The van der Waals surface area contributed by atoms with Crippen molar-refractivity contribution in [2.75, 3.05) is 59.7 Å². The van der Waals surface area contributed by atoms with E-state index in [0.29, 0.717) is 10.9 Å². The molecule has 0 spiro atoms. The van der Waals surface area contributed by atoms with E-state index in [4.69, 9.17) is 9.47 Å². The van der Waals surface area contributed by atoms with Crippen molar-refractivity contribution in [3.8, 4) is 0 Å². The van der Waals surface area contributed by atoms with Crippen molar-refractivity contribution in [2.45, 2.75) is 12.5 Å². The minimum Gasteiger partial charge on any atom is -0.735 e. The van der Waals surface area contributed by atoms with Gasteiger partial charge in [0.05, 0.1) is 25.9 Å². The zero-order valence-electron chi connectivity index (χ0n) is 12.7. The molecule has 120 valence electrons. The number of hydrogen-bond acceptors (Lipinski definition) is 7. The predicted octanol–water partition coefficient (Wildman–Crippen LogP) is -4.52. The molecule has 1 aliphatic rings. The van der Waals surface area contributed by atoms with E-state index in [9.17, 15) is 18.1 Å². The van der Waals surface area contributed by atoms with E-state index in [1.807, 2.05) is 0 Å². The predicted molar refractivity (Wildman–Crippen MR) is 71.0 cm³/mol. The topological polar surface area (TPSA) is 102 Å². The number of nitrogens with zero attached hydrogens (tertiary/aromatic N) is 2. The molecule has 10 heteroatoms. The fourth-order valence-corrected chi connectivity index (χ4v) is 2.23. The van der Waals surface area contributed by atoms with Gasteiger partial charge >= 0.3 is 51.4 Å². The van der Waals surface area contributed by atoms with Gasteiger partial charge in [-0.25, -0.2) is 12.7 Å². The minimum absolute atomic E-state index is 0. The van der Waals surface area contributed by atoms with E-state index in [-0.39, 0.29) is 64.5 Å². The van der Waals surface area contributed by atoms with Crippen LogP contribution in [0, 0.1) is 0 Å². The largest absolute Gasteiger partial charge is 1.00 e. The summed E-state index contributed by atoms with van der Waals surface area (Å²) in [5, 5.41) is 9.53. The van der Waals surface area contributed by atoms with Crippen LogP contribution in [0.1, 0.15) is 6.42 Å². The average Bonchev–Trinajstić information content (AvgIpc) is 2.38. The van der Waals surface area contributed by atoms with Crippen LogP contribution in [0.5, 0.6) is 0 Å². The van der Waals surface area contributed by atoms with Gasteiger partial charge in [0.1, 0.15) is 0 Å². The van der Waals surface area contributed by atoms with Crippen LogP contribution in [0.2, 0.25) is 0 Å². The maximum absolute atomic E-state index is 10.6. The van der Waals surface area contributed by atoms with E-state index < -0.39 is 16.4 Å². The molecule has 0 aromatic rings. The van der Waals surface area contributed by atoms with Crippen molar-refractivity contribution in [2.24, 2.45) is 0 Å². The summed E-state index contributed by atoms with van der Waals surface area (Å²) in [7, 11) is -3.37. The van der Waals surface area contributed by atoms with E-state index >= 15 is 0 Å². The molecule has 21 heavy (non-hydrogen) atoms. The first-order chi connectivity index (χ1) is 9.39. The van der Waals surface area contributed by atoms with Crippen LogP contribution >= 0.6 is 0 Å². The van der Waals surface area contributed by atoms with Gasteiger partial charge in [-0.15, -0.1) is 0 Å². The molecule has 1 atom stereocenters. The summed E-state index contributed by atoms with van der Waals surface area (Å²) in [6.07, 6.45) is -0.158. The van der Waals surface area contributed by atoms with Crippen LogP contribution in [0.15, 0.2) is 0 Å². The second kappa shape index (κ2) is 11.8. The van der Waals surface area contributed by atoms with Gasteiger partial charge < -0.3 is 19.1 Å². The van der Waals surface area contributed by atoms with Gasteiger partial charge in [-0.1, -0.05) is 0 Å². The van der Waals surface area contributed by atoms with Crippen molar-refractivity contribution in [3.63, 3.8) is 0 Å². The number of rotatable bonds is 9. The Morgan fingerprint density at radius 2 is 2.05 bits per heavy atom. The second-order valence-corrected chi connectivity index (χ2v) is 6.25. The van der Waals surface area contributed by atoms with Gasteiger partial charge in [0.15, 0.2) is 10.3 Å². The Kier molecular flexibility index (Phi) is 12.6. The minimum atomic E-state index is -4.50. The summed E-state index contributed by atoms with van der Waals surface area (Å²) < 4.78 is 42.9. The molecule has 1 rings (SSSR count). The SMILES string of the molecule is CN(CC(O)COCCCN1CCOCC1)S(=O)(=O)[O-].[K+]. The quantitative estimate of drug-likeness (QED) is 0.254. The van der Waals surface area contributed by atoms with Gasteiger partial charge in [-0.2, -0.15) is 0 Å². The molecule has 1 saturated heterocycles. The summed E-state index contributed by atoms with van der Waals surface area (Å²) in [4.78, 5) is 2.28. The fourth-order valence-electron chi connectivity index (χ4n) is 1.88. The molecular formula is C11H23KN2O6S. The molecule has 1 unspecified atom stereocenters. The first-order valence-electron chi connectivity index (χ1n) is 6.62. The Labute approximate surface area is 169 Å². The third kappa shape index (κ3) is 10.7. The first kappa shape index (κ1) is 22.3. The molecule has 1 fully saturated rings. The number of morpholine rings is 1. The maximum atomic E-state index is 10.6. The summed E-state index contributed by atoms with van der Waals surface area (Å²) >= 11 is 0. The molecule has 0 aromatic heterocycles. The van der Waals surface area contributed by atoms with Gasteiger partial charge in [0.2, 0.25) is 0 Å². The molecule has 0 saturated carbocycles. The maximum Gasteiger partial charge on any atom is 1.00 e. The Balaban J connectivity index is 0.00000400. The fraction of sp³-hybridized carbons (Fsp3) is 1.00. The van der Waals surface area contributed by atoms with Crippen molar-refractivity contribution in [3.05, 3.63) is 0 Å². The van der Waals surface area contributed by atoms with E-state index in [1.165, 1.54) is 0 Å². The molecule has 0 bridgehead atoms. The van der Waals surface area contributed by atoms with Crippen molar-refractivity contribution in [1.82, 2.24) is 9.21 Å². The third-order valence-electron chi connectivity index (χ3n) is 3.03. The standard InChI is InChI=1S/C11H24N2O6S.K/c1-12(20(15,16)17)9-11(14)10-19-6-2-3-13-4-7-18-8-5-13;/h11,14H,2-10H2,1H3,(H,15,16,17);/q;+1/p-1.